The van der Waals surface area contributed by atoms with Gasteiger partial charge in [0.25, 0.3) is 5.91 Å². The molecule has 1 aromatic rings. The molecule has 0 radical (unpaired) electrons. The Labute approximate surface area is 172 Å². The number of carbonyl (C=O) groups is 1. The smallest absolute Gasteiger partial charge is 0.256 e. The summed E-state index contributed by atoms with van der Waals surface area (Å²) >= 11 is 6.13. The first-order valence-corrected chi connectivity index (χ1v) is 10.7. The van der Waals surface area contributed by atoms with Gasteiger partial charge in [-0.05, 0) is 66.9 Å². The number of halogens is 2. The molecule has 0 bridgehead atoms. The number of anilines is 1. The monoisotopic (exact) mass is 401 g/mol. The van der Waals surface area contributed by atoms with Crippen LogP contribution in [-0.2, 0) is 4.79 Å². The lowest BCUT2D eigenvalue weighted by Crippen LogP contribution is -2.49. The lowest BCUT2D eigenvalue weighted by molar-refractivity contribution is -0.110. The van der Waals surface area contributed by atoms with Crippen LogP contribution < -0.4 is 5.32 Å². The van der Waals surface area contributed by atoms with Gasteiger partial charge in [-0.1, -0.05) is 57.0 Å². The van der Waals surface area contributed by atoms with Crippen molar-refractivity contribution in [3.63, 3.8) is 0 Å². The van der Waals surface area contributed by atoms with Crippen LogP contribution in [0, 0.1) is 28.5 Å². The number of amides is 1. The zero-order chi connectivity index (χ0) is 20.3. The minimum absolute atomic E-state index is 0.199. The predicted molar refractivity (Wildman–Crippen MR) is 114 cm³/mol. The minimum Gasteiger partial charge on any atom is -0.320 e. The van der Waals surface area contributed by atoms with Crippen LogP contribution in [0.3, 0.4) is 0 Å². The van der Waals surface area contributed by atoms with Crippen LogP contribution in [0.15, 0.2) is 30.4 Å². The quantitative estimate of drug-likeness (QED) is 0.419. The molecule has 4 heteroatoms. The van der Waals surface area contributed by atoms with E-state index in [0.29, 0.717) is 34.1 Å². The Bertz CT molecular complexity index is 887. The van der Waals surface area contributed by atoms with Crippen molar-refractivity contribution in [3.05, 3.63) is 46.8 Å². The fourth-order valence-corrected chi connectivity index (χ4v) is 6.62. The zero-order valence-electron chi connectivity index (χ0n) is 17.0. The van der Waals surface area contributed by atoms with Gasteiger partial charge in [-0.25, -0.2) is 4.39 Å². The molecule has 2 saturated carbocycles. The van der Waals surface area contributed by atoms with E-state index in [1.807, 2.05) is 6.08 Å². The lowest BCUT2D eigenvalue weighted by atomic mass is 9.47. The van der Waals surface area contributed by atoms with Crippen molar-refractivity contribution in [1.82, 2.24) is 0 Å². The number of rotatable bonds is 2. The lowest BCUT2D eigenvalue weighted by Gasteiger charge is -2.58. The highest BCUT2D eigenvalue weighted by Gasteiger charge is 2.52. The zero-order valence-corrected chi connectivity index (χ0v) is 17.8. The van der Waals surface area contributed by atoms with E-state index in [1.54, 1.807) is 0 Å². The Morgan fingerprint density at radius 3 is 2.82 bits per heavy atom. The van der Waals surface area contributed by atoms with Crippen LogP contribution in [0.4, 0.5) is 10.1 Å². The predicted octanol–water partition coefficient (Wildman–Crippen LogP) is 7.00. The molecule has 0 aromatic heterocycles. The normalized spacial score (nSPS) is 32.8. The third kappa shape index (κ3) is 3.03. The van der Waals surface area contributed by atoms with Gasteiger partial charge < -0.3 is 5.32 Å². The molecule has 1 N–H and O–H groups in total. The minimum atomic E-state index is -0.422. The Kier molecular flexibility index (Phi) is 4.73. The summed E-state index contributed by atoms with van der Waals surface area (Å²) in [6, 6.07) is 2.64. The molecule has 0 spiro atoms. The first-order chi connectivity index (χ1) is 13.1. The second-order valence-corrected chi connectivity index (χ2v) is 10.2. The summed E-state index contributed by atoms with van der Waals surface area (Å²) in [5.74, 6) is 0.391. The molecule has 1 aliphatic heterocycles. The summed E-state index contributed by atoms with van der Waals surface area (Å²) in [6.07, 6.45) is 8.74. The second-order valence-electron chi connectivity index (χ2n) is 9.77. The fourth-order valence-electron chi connectivity index (χ4n) is 6.36. The van der Waals surface area contributed by atoms with E-state index >= 15 is 0 Å². The van der Waals surface area contributed by atoms with Gasteiger partial charge in [0.1, 0.15) is 5.82 Å². The van der Waals surface area contributed by atoms with Gasteiger partial charge in [-0.2, -0.15) is 0 Å². The number of fused-ring (bicyclic) bond motifs is 2. The first-order valence-electron chi connectivity index (χ1n) is 10.3. The molecular weight excluding hydrogens is 373 g/mol. The highest BCUT2D eigenvalue weighted by atomic mass is 35.5. The number of nitrogens with one attached hydrogen (secondary N) is 1. The average Bonchev–Trinajstić information content (AvgIpc) is 2.89. The SMILES string of the molecule is C=C1CC[C@H]2C(C)(C)CCC[C@]2(C)[C@H]1C/C=C1\C(=O)Nc2c(Cl)cc(F)cc21. The van der Waals surface area contributed by atoms with Gasteiger partial charge in [0.15, 0.2) is 0 Å². The Morgan fingerprint density at radius 2 is 2.07 bits per heavy atom. The second kappa shape index (κ2) is 6.73. The van der Waals surface area contributed by atoms with Gasteiger partial charge in [0.05, 0.1) is 10.7 Å². The molecule has 2 fully saturated rings. The number of hydrogen-bond donors (Lipinski definition) is 1. The largest absolute Gasteiger partial charge is 0.320 e. The molecular formula is C24H29ClFNO. The molecule has 0 saturated heterocycles. The van der Waals surface area contributed by atoms with E-state index in [-0.39, 0.29) is 16.3 Å². The summed E-state index contributed by atoms with van der Waals surface area (Å²) in [4.78, 5) is 12.5. The molecule has 3 atom stereocenters. The van der Waals surface area contributed by atoms with Crippen LogP contribution in [0.2, 0.25) is 5.02 Å². The van der Waals surface area contributed by atoms with Crippen molar-refractivity contribution < 1.29 is 9.18 Å². The van der Waals surface area contributed by atoms with Crippen LogP contribution >= 0.6 is 11.6 Å². The first kappa shape index (κ1) is 19.7. The van der Waals surface area contributed by atoms with Gasteiger partial charge in [0.2, 0.25) is 0 Å². The fraction of sp³-hybridized carbons (Fsp3) is 0.542. The van der Waals surface area contributed by atoms with E-state index in [2.05, 4.69) is 32.7 Å². The van der Waals surface area contributed by atoms with Crippen molar-refractivity contribution in [2.75, 3.05) is 5.32 Å². The maximum absolute atomic E-state index is 13.9. The van der Waals surface area contributed by atoms with Crippen LogP contribution in [0.1, 0.15) is 64.9 Å². The van der Waals surface area contributed by atoms with Gasteiger partial charge in [-0.15, -0.1) is 0 Å². The van der Waals surface area contributed by atoms with Gasteiger partial charge in [-0.3, -0.25) is 4.79 Å². The van der Waals surface area contributed by atoms with Crippen LogP contribution in [0.25, 0.3) is 5.57 Å². The topological polar surface area (TPSA) is 29.1 Å². The van der Waals surface area contributed by atoms with Crippen molar-refractivity contribution >= 4 is 28.8 Å². The van der Waals surface area contributed by atoms with E-state index in [0.717, 1.165) is 12.8 Å². The van der Waals surface area contributed by atoms with Gasteiger partial charge >= 0.3 is 0 Å². The number of benzene rings is 1. The molecule has 1 aromatic carbocycles. The maximum Gasteiger partial charge on any atom is 0.256 e. The van der Waals surface area contributed by atoms with Crippen LogP contribution in [-0.4, -0.2) is 5.91 Å². The summed E-state index contributed by atoms with van der Waals surface area (Å²) in [5, 5.41) is 3.04. The molecule has 3 aliphatic rings. The summed E-state index contributed by atoms with van der Waals surface area (Å²) < 4.78 is 13.9. The highest BCUT2D eigenvalue weighted by molar-refractivity contribution is 6.39. The highest BCUT2D eigenvalue weighted by Crippen LogP contribution is 2.61. The van der Waals surface area contributed by atoms with Crippen molar-refractivity contribution in [2.45, 2.75) is 59.3 Å². The molecule has 1 heterocycles. The van der Waals surface area contributed by atoms with E-state index in [9.17, 15) is 9.18 Å². The summed E-state index contributed by atoms with van der Waals surface area (Å²) in [5.41, 5.74) is 3.46. The van der Waals surface area contributed by atoms with Crippen molar-refractivity contribution in [2.24, 2.45) is 22.7 Å². The van der Waals surface area contributed by atoms with Crippen LogP contribution in [0.5, 0.6) is 0 Å². The maximum atomic E-state index is 13.9. The van der Waals surface area contributed by atoms with E-state index < -0.39 is 5.82 Å². The molecule has 150 valence electrons. The van der Waals surface area contributed by atoms with E-state index in [4.69, 9.17) is 11.6 Å². The van der Waals surface area contributed by atoms with Crippen molar-refractivity contribution in [3.8, 4) is 0 Å². The molecule has 1 amide bonds. The molecule has 2 nitrogen and oxygen atoms in total. The number of carbonyl (C=O) groups excluding carboxylic acids is 1. The molecule has 4 rings (SSSR count). The van der Waals surface area contributed by atoms with Gasteiger partial charge in [0, 0.05) is 11.1 Å². The Balaban J connectivity index is 1.67. The third-order valence-electron chi connectivity index (χ3n) is 7.70. The molecule has 2 aliphatic carbocycles. The Morgan fingerprint density at radius 1 is 1.32 bits per heavy atom. The average molecular weight is 402 g/mol. The molecule has 28 heavy (non-hydrogen) atoms. The third-order valence-corrected chi connectivity index (χ3v) is 8.00. The summed E-state index contributed by atoms with van der Waals surface area (Å²) in [6.45, 7) is 11.6. The summed E-state index contributed by atoms with van der Waals surface area (Å²) in [7, 11) is 0. The Hall–Kier alpha value is -1.61. The molecule has 0 unspecified atom stereocenters. The number of hydrogen-bond acceptors (Lipinski definition) is 1. The van der Waals surface area contributed by atoms with Crippen molar-refractivity contribution in [1.29, 1.82) is 0 Å². The number of allylic oxidation sites excluding steroid dienone is 2. The standard InChI is InChI=1S/C24H29ClFNO/c1-14-6-9-20-23(2,3)10-5-11-24(20,4)18(14)8-7-16-17-12-15(26)13-19(25)21(17)27-22(16)28/h7,12-13,18,20H,1,5-6,8-11H2,2-4H3,(H,27,28)/b16-7-/t18-,20-,24+/m0/s1. The van der Waals surface area contributed by atoms with E-state index in [1.165, 1.54) is 43.4 Å².